The fraction of sp³-hybridized carbons (Fsp3) is 0.235. The van der Waals surface area contributed by atoms with Crippen LogP contribution in [0.25, 0.3) is 0 Å². The first kappa shape index (κ1) is 15.6. The third-order valence-electron chi connectivity index (χ3n) is 3.00. The molecule has 21 heavy (non-hydrogen) atoms. The van der Waals surface area contributed by atoms with Crippen LogP contribution in [0.15, 0.2) is 46.9 Å². The van der Waals surface area contributed by atoms with E-state index in [-0.39, 0.29) is 6.04 Å². The minimum atomic E-state index is 0.136. The number of halogens is 1. The van der Waals surface area contributed by atoms with Crippen LogP contribution in [-0.2, 0) is 13.0 Å². The first-order valence-corrected chi connectivity index (χ1v) is 7.53. The Morgan fingerprint density at radius 1 is 1.24 bits per heavy atom. The number of nitriles is 1. The molecule has 0 saturated heterocycles. The number of nitrogens with two attached hydrogens (primary N) is 1. The average molecular weight is 345 g/mol. The zero-order chi connectivity index (χ0) is 15.2. The van der Waals surface area contributed by atoms with Gasteiger partial charge in [0.1, 0.15) is 12.4 Å². The Balaban J connectivity index is 2.04. The van der Waals surface area contributed by atoms with Gasteiger partial charge >= 0.3 is 0 Å². The molecule has 0 amide bonds. The highest BCUT2D eigenvalue weighted by Crippen LogP contribution is 2.27. The average Bonchev–Trinajstić information content (AvgIpc) is 2.46. The van der Waals surface area contributed by atoms with Crippen LogP contribution in [-0.4, -0.2) is 6.04 Å². The summed E-state index contributed by atoms with van der Waals surface area (Å²) in [5.74, 6) is 0.783. The molecular weight excluding hydrogens is 328 g/mol. The Bertz CT molecular complexity index is 662. The van der Waals surface area contributed by atoms with Gasteiger partial charge in [0.2, 0.25) is 0 Å². The molecule has 0 bridgehead atoms. The molecule has 0 saturated carbocycles. The van der Waals surface area contributed by atoms with Gasteiger partial charge in [0.15, 0.2) is 0 Å². The minimum Gasteiger partial charge on any atom is -0.488 e. The monoisotopic (exact) mass is 344 g/mol. The predicted octanol–water partition coefficient (Wildman–Crippen LogP) is 3.79. The summed E-state index contributed by atoms with van der Waals surface area (Å²) in [4.78, 5) is 0. The lowest BCUT2D eigenvalue weighted by molar-refractivity contribution is 0.304. The van der Waals surface area contributed by atoms with Gasteiger partial charge in [-0.1, -0.05) is 18.2 Å². The smallest absolute Gasteiger partial charge is 0.134 e. The van der Waals surface area contributed by atoms with Crippen molar-refractivity contribution in [3.8, 4) is 11.8 Å². The minimum absolute atomic E-state index is 0.136. The van der Waals surface area contributed by atoms with E-state index < -0.39 is 0 Å². The Hall–Kier alpha value is -1.83. The number of ether oxygens (including phenoxy) is 1. The van der Waals surface area contributed by atoms with E-state index in [1.54, 1.807) is 6.07 Å². The quantitative estimate of drug-likeness (QED) is 0.897. The Kier molecular flexibility index (Phi) is 5.38. The molecule has 2 N–H and O–H groups in total. The molecule has 0 aromatic heterocycles. The van der Waals surface area contributed by atoms with E-state index in [0.29, 0.717) is 12.2 Å². The topological polar surface area (TPSA) is 59.0 Å². The van der Waals surface area contributed by atoms with Crippen LogP contribution >= 0.6 is 15.9 Å². The Morgan fingerprint density at radius 3 is 2.71 bits per heavy atom. The van der Waals surface area contributed by atoms with Crippen LogP contribution in [0.1, 0.15) is 23.6 Å². The fourth-order valence-corrected chi connectivity index (χ4v) is 2.59. The van der Waals surface area contributed by atoms with Crippen molar-refractivity contribution in [1.29, 1.82) is 5.26 Å². The maximum Gasteiger partial charge on any atom is 0.134 e. The Morgan fingerprint density at radius 2 is 2.05 bits per heavy atom. The highest BCUT2D eigenvalue weighted by molar-refractivity contribution is 9.10. The van der Waals surface area contributed by atoms with Crippen molar-refractivity contribution in [1.82, 2.24) is 0 Å². The largest absolute Gasteiger partial charge is 0.488 e. The first-order chi connectivity index (χ1) is 10.1. The lowest BCUT2D eigenvalue weighted by Gasteiger charge is -2.11. The number of benzene rings is 2. The van der Waals surface area contributed by atoms with E-state index in [1.807, 2.05) is 43.3 Å². The summed E-state index contributed by atoms with van der Waals surface area (Å²) >= 11 is 3.52. The molecule has 3 nitrogen and oxygen atoms in total. The molecule has 1 unspecified atom stereocenters. The third-order valence-corrected chi connectivity index (χ3v) is 3.62. The molecule has 0 aliphatic heterocycles. The molecule has 4 heteroatoms. The van der Waals surface area contributed by atoms with Gasteiger partial charge in [-0.05, 0) is 64.7 Å². The lowest BCUT2D eigenvalue weighted by Crippen LogP contribution is -2.17. The van der Waals surface area contributed by atoms with E-state index >= 15 is 0 Å². The standard InChI is InChI=1S/C17H17BrN2O/c1-12(20)7-13-5-6-17(16(18)9-13)21-11-15-4-2-3-14(8-15)10-19/h2-6,8-9,12H,7,11,20H2,1H3. The summed E-state index contributed by atoms with van der Waals surface area (Å²) in [7, 11) is 0. The molecule has 0 spiro atoms. The lowest BCUT2D eigenvalue weighted by atomic mass is 10.1. The van der Waals surface area contributed by atoms with Crippen LogP contribution < -0.4 is 10.5 Å². The number of nitrogens with zero attached hydrogens (tertiary/aromatic N) is 1. The van der Waals surface area contributed by atoms with E-state index in [0.717, 1.165) is 22.2 Å². The summed E-state index contributed by atoms with van der Waals surface area (Å²) in [6.45, 7) is 2.42. The van der Waals surface area contributed by atoms with Gasteiger partial charge < -0.3 is 10.5 Å². The van der Waals surface area contributed by atoms with Crippen LogP contribution in [0.3, 0.4) is 0 Å². The summed E-state index contributed by atoms with van der Waals surface area (Å²) in [6.07, 6.45) is 0.836. The molecule has 2 aromatic carbocycles. The molecule has 0 aliphatic rings. The van der Waals surface area contributed by atoms with Crippen LogP contribution in [0.4, 0.5) is 0 Å². The van der Waals surface area contributed by atoms with Crippen molar-refractivity contribution < 1.29 is 4.74 Å². The molecule has 2 rings (SSSR count). The van der Waals surface area contributed by atoms with Gasteiger partial charge in [0.05, 0.1) is 16.1 Å². The zero-order valence-electron chi connectivity index (χ0n) is 11.8. The predicted molar refractivity (Wildman–Crippen MR) is 87.0 cm³/mol. The maximum atomic E-state index is 8.89. The van der Waals surface area contributed by atoms with Crippen LogP contribution in [0.5, 0.6) is 5.75 Å². The second kappa shape index (κ2) is 7.26. The van der Waals surface area contributed by atoms with Gasteiger partial charge in [0, 0.05) is 6.04 Å². The maximum absolute atomic E-state index is 8.89. The molecule has 1 atom stereocenters. The third kappa shape index (κ3) is 4.59. The van der Waals surface area contributed by atoms with Crippen molar-refractivity contribution in [2.45, 2.75) is 26.0 Å². The van der Waals surface area contributed by atoms with Crippen LogP contribution in [0, 0.1) is 11.3 Å². The molecule has 0 heterocycles. The highest BCUT2D eigenvalue weighted by Gasteiger charge is 2.05. The second-order valence-electron chi connectivity index (χ2n) is 5.05. The van der Waals surface area contributed by atoms with Gasteiger partial charge in [-0.25, -0.2) is 0 Å². The SMILES string of the molecule is CC(N)Cc1ccc(OCc2cccc(C#N)c2)c(Br)c1. The van der Waals surface area contributed by atoms with Gasteiger partial charge in [0.25, 0.3) is 0 Å². The highest BCUT2D eigenvalue weighted by atomic mass is 79.9. The van der Waals surface area contributed by atoms with E-state index in [2.05, 4.69) is 22.0 Å². The van der Waals surface area contributed by atoms with E-state index in [9.17, 15) is 0 Å². The summed E-state index contributed by atoms with van der Waals surface area (Å²) in [5, 5.41) is 8.89. The second-order valence-corrected chi connectivity index (χ2v) is 5.90. The van der Waals surface area contributed by atoms with Crippen LogP contribution in [0.2, 0.25) is 0 Å². The Labute approximate surface area is 133 Å². The van der Waals surface area contributed by atoms with Crippen molar-refractivity contribution in [2.75, 3.05) is 0 Å². The number of rotatable bonds is 5. The molecule has 2 aromatic rings. The first-order valence-electron chi connectivity index (χ1n) is 6.74. The van der Waals surface area contributed by atoms with E-state index in [4.69, 9.17) is 15.7 Å². The molecule has 0 aliphatic carbocycles. The summed E-state index contributed by atoms with van der Waals surface area (Å²) < 4.78 is 6.71. The number of hydrogen-bond acceptors (Lipinski definition) is 3. The molecule has 108 valence electrons. The molecule has 0 radical (unpaired) electrons. The van der Waals surface area contributed by atoms with Crippen molar-refractivity contribution in [3.05, 3.63) is 63.6 Å². The zero-order valence-corrected chi connectivity index (χ0v) is 13.4. The van der Waals surface area contributed by atoms with Gasteiger partial charge in [-0.3, -0.25) is 0 Å². The van der Waals surface area contributed by atoms with Gasteiger partial charge in [-0.15, -0.1) is 0 Å². The summed E-state index contributed by atoms with van der Waals surface area (Å²) in [6, 6.07) is 15.7. The van der Waals surface area contributed by atoms with Crippen molar-refractivity contribution >= 4 is 15.9 Å². The van der Waals surface area contributed by atoms with Gasteiger partial charge in [-0.2, -0.15) is 5.26 Å². The van der Waals surface area contributed by atoms with Crippen molar-refractivity contribution in [2.24, 2.45) is 5.73 Å². The summed E-state index contributed by atoms with van der Waals surface area (Å²) in [5.41, 5.74) is 8.59. The normalized spacial score (nSPS) is 11.7. The van der Waals surface area contributed by atoms with Crippen molar-refractivity contribution in [3.63, 3.8) is 0 Å². The molecular formula is C17H17BrN2O. The fourth-order valence-electron chi connectivity index (χ4n) is 2.05. The molecule has 0 fully saturated rings. The van der Waals surface area contributed by atoms with E-state index in [1.165, 1.54) is 5.56 Å². The number of hydrogen-bond donors (Lipinski definition) is 1.